The lowest BCUT2D eigenvalue weighted by atomic mass is 10.2. The Morgan fingerprint density at radius 3 is 2.46 bits per heavy atom. The molecule has 1 N–H and O–H groups in total. The number of methoxy groups -OCH3 is 1. The van der Waals surface area contributed by atoms with Crippen LogP contribution >= 0.6 is 0 Å². The van der Waals surface area contributed by atoms with Crippen molar-refractivity contribution in [1.29, 1.82) is 0 Å². The number of anilines is 3. The Hall–Kier alpha value is -2.86. The Labute approximate surface area is 153 Å². The third-order valence-corrected chi connectivity index (χ3v) is 4.84. The standard InChI is InChI=1S/C20H23N5O/c1-24-9-11-25(12-10-24)16-5-3-15(4-6-16)23-20-18-13-17(26-2)7-8-19(18)21-14-22-20/h3-8,13-14H,9-12H2,1-2H3,(H,21,22,23). The van der Waals surface area contributed by atoms with Gasteiger partial charge in [-0.05, 0) is 49.5 Å². The highest BCUT2D eigenvalue weighted by atomic mass is 16.5. The van der Waals surface area contributed by atoms with Gasteiger partial charge in [-0.3, -0.25) is 0 Å². The van der Waals surface area contributed by atoms with E-state index in [1.165, 1.54) is 5.69 Å². The number of ether oxygens (including phenoxy) is 1. The van der Waals surface area contributed by atoms with Gasteiger partial charge in [-0.15, -0.1) is 0 Å². The molecular weight excluding hydrogens is 326 g/mol. The molecule has 2 aromatic carbocycles. The van der Waals surface area contributed by atoms with E-state index >= 15 is 0 Å². The van der Waals surface area contributed by atoms with Crippen LogP contribution in [0.5, 0.6) is 5.75 Å². The van der Waals surface area contributed by atoms with Gasteiger partial charge in [0.15, 0.2) is 0 Å². The minimum Gasteiger partial charge on any atom is -0.497 e. The second-order valence-electron chi connectivity index (χ2n) is 6.57. The van der Waals surface area contributed by atoms with Crippen LogP contribution in [0.4, 0.5) is 17.2 Å². The average molecular weight is 349 g/mol. The summed E-state index contributed by atoms with van der Waals surface area (Å²) < 4.78 is 5.33. The molecule has 0 atom stereocenters. The van der Waals surface area contributed by atoms with Crippen LogP contribution in [0.15, 0.2) is 48.8 Å². The predicted molar refractivity (Wildman–Crippen MR) is 106 cm³/mol. The van der Waals surface area contributed by atoms with Gasteiger partial charge in [-0.1, -0.05) is 0 Å². The van der Waals surface area contributed by atoms with E-state index in [-0.39, 0.29) is 0 Å². The summed E-state index contributed by atoms with van der Waals surface area (Å²) in [5.74, 6) is 1.57. The van der Waals surface area contributed by atoms with Crippen molar-refractivity contribution >= 4 is 28.1 Å². The van der Waals surface area contributed by atoms with Crippen LogP contribution in [0.2, 0.25) is 0 Å². The molecule has 6 nitrogen and oxygen atoms in total. The zero-order chi connectivity index (χ0) is 17.9. The quantitative estimate of drug-likeness (QED) is 0.781. The number of fused-ring (bicyclic) bond motifs is 1. The van der Waals surface area contributed by atoms with E-state index < -0.39 is 0 Å². The smallest absolute Gasteiger partial charge is 0.141 e. The molecule has 0 radical (unpaired) electrons. The number of nitrogens with one attached hydrogen (secondary N) is 1. The summed E-state index contributed by atoms with van der Waals surface area (Å²) >= 11 is 0. The first kappa shape index (κ1) is 16.6. The van der Waals surface area contributed by atoms with E-state index in [0.29, 0.717) is 0 Å². The number of likely N-dealkylation sites (N-methyl/N-ethyl adjacent to an activating group) is 1. The maximum Gasteiger partial charge on any atom is 0.141 e. The number of benzene rings is 2. The first-order valence-corrected chi connectivity index (χ1v) is 8.82. The zero-order valence-electron chi connectivity index (χ0n) is 15.1. The normalized spacial score (nSPS) is 15.2. The molecule has 2 heterocycles. The number of piperazine rings is 1. The van der Waals surface area contributed by atoms with Crippen LogP contribution in [0.3, 0.4) is 0 Å². The highest BCUT2D eigenvalue weighted by Gasteiger charge is 2.14. The van der Waals surface area contributed by atoms with Gasteiger partial charge >= 0.3 is 0 Å². The average Bonchev–Trinajstić information content (AvgIpc) is 2.69. The van der Waals surface area contributed by atoms with Gasteiger partial charge in [0.2, 0.25) is 0 Å². The molecule has 3 aromatic rings. The molecule has 1 fully saturated rings. The molecule has 4 rings (SSSR count). The molecule has 0 aliphatic carbocycles. The number of nitrogens with zero attached hydrogens (tertiary/aromatic N) is 4. The van der Waals surface area contributed by atoms with Crippen molar-refractivity contribution < 1.29 is 4.74 Å². The van der Waals surface area contributed by atoms with Crippen LogP contribution in [0, 0.1) is 0 Å². The van der Waals surface area contributed by atoms with Crippen LogP contribution < -0.4 is 15.0 Å². The van der Waals surface area contributed by atoms with Crippen molar-refractivity contribution in [2.45, 2.75) is 0 Å². The minimum absolute atomic E-state index is 0.779. The van der Waals surface area contributed by atoms with Crippen molar-refractivity contribution in [2.75, 3.05) is 50.6 Å². The molecule has 26 heavy (non-hydrogen) atoms. The van der Waals surface area contributed by atoms with E-state index in [2.05, 4.69) is 56.4 Å². The van der Waals surface area contributed by atoms with E-state index in [0.717, 1.165) is 54.3 Å². The van der Waals surface area contributed by atoms with E-state index in [4.69, 9.17) is 4.74 Å². The van der Waals surface area contributed by atoms with E-state index in [1.807, 2.05) is 18.2 Å². The van der Waals surface area contributed by atoms with Gasteiger partial charge in [0, 0.05) is 42.9 Å². The minimum atomic E-state index is 0.779. The molecule has 1 aliphatic heterocycles. The first-order chi connectivity index (χ1) is 12.7. The molecule has 1 aliphatic rings. The second kappa shape index (κ2) is 7.17. The molecular formula is C20H23N5O. The SMILES string of the molecule is COc1ccc2ncnc(Nc3ccc(N4CCN(C)CC4)cc3)c2c1. The lowest BCUT2D eigenvalue weighted by molar-refractivity contribution is 0.313. The Morgan fingerprint density at radius 1 is 0.962 bits per heavy atom. The van der Waals surface area contributed by atoms with Crippen molar-refractivity contribution in [3.63, 3.8) is 0 Å². The first-order valence-electron chi connectivity index (χ1n) is 8.82. The Morgan fingerprint density at radius 2 is 1.73 bits per heavy atom. The number of rotatable bonds is 4. The number of hydrogen-bond acceptors (Lipinski definition) is 6. The monoisotopic (exact) mass is 349 g/mol. The van der Waals surface area contributed by atoms with Crippen LogP contribution in [0.1, 0.15) is 0 Å². The van der Waals surface area contributed by atoms with E-state index in [1.54, 1.807) is 13.4 Å². The largest absolute Gasteiger partial charge is 0.497 e. The summed E-state index contributed by atoms with van der Waals surface area (Å²) in [5, 5.41) is 4.34. The summed E-state index contributed by atoms with van der Waals surface area (Å²) in [5.41, 5.74) is 3.15. The Balaban J connectivity index is 1.55. The third kappa shape index (κ3) is 3.41. The summed E-state index contributed by atoms with van der Waals surface area (Å²) in [4.78, 5) is 13.5. The second-order valence-corrected chi connectivity index (χ2v) is 6.57. The highest BCUT2D eigenvalue weighted by molar-refractivity contribution is 5.91. The predicted octanol–water partition coefficient (Wildman–Crippen LogP) is 3.13. The van der Waals surface area contributed by atoms with Crippen molar-refractivity contribution in [3.05, 3.63) is 48.8 Å². The van der Waals surface area contributed by atoms with Gasteiger partial charge < -0.3 is 19.9 Å². The van der Waals surface area contributed by atoms with Crippen LogP contribution in [-0.2, 0) is 0 Å². The lowest BCUT2D eigenvalue weighted by Crippen LogP contribution is -2.44. The summed E-state index contributed by atoms with van der Waals surface area (Å²) in [6.07, 6.45) is 1.58. The van der Waals surface area contributed by atoms with Crippen LogP contribution in [-0.4, -0.2) is 55.2 Å². The third-order valence-electron chi connectivity index (χ3n) is 4.84. The summed E-state index contributed by atoms with van der Waals surface area (Å²) in [7, 11) is 3.83. The topological polar surface area (TPSA) is 53.5 Å². The summed E-state index contributed by atoms with van der Waals surface area (Å²) in [6, 6.07) is 14.3. The molecule has 1 aromatic heterocycles. The summed E-state index contributed by atoms with van der Waals surface area (Å²) in [6.45, 7) is 4.35. The van der Waals surface area contributed by atoms with Gasteiger partial charge in [-0.2, -0.15) is 0 Å². The number of aromatic nitrogens is 2. The zero-order valence-corrected chi connectivity index (χ0v) is 15.1. The van der Waals surface area contributed by atoms with Crippen molar-refractivity contribution in [3.8, 4) is 5.75 Å². The molecule has 0 unspecified atom stereocenters. The van der Waals surface area contributed by atoms with Gasteiger partial charge in [0.05, 0.1) is 12.6 Å². The van der Waals surface area contributed by atoms with Crippen molar-refractivity contribution in [1.82, 2.24) is 14.9 Å². The van der Waals surface area contributed by atoms with Gasteiger partial charge in [0.25, 0.3) is 0 Å². The Bertz CT molecular complexity index is 888. The number of hydrogen-bond donors (Lipinski definition) is 1. The molecule has 0 bridgehead atoms. The molecule has 6 heteroatoms. The van der Waals surface area contributed by atoms with Crippen LogP contribution in [0.25, 0.3) is 10.9 Å². The van der Waals surface area contributed by atoms with Crippen molar-refractivity contribution in [2.24, 2.45) is 0 Å². The fraction of sp³-hybridized carbons (Fsp3) is 0.300. The fourth-order valence-corrected chi connectivity index (χ4v) is 3.22. The highest BCUT2D eigenvalue weighted by Crippen LogP contribution is 2.27. The maximum absolute atomic E-state index is 5.33. The molecule has 134 valence electrons. The fourth-order valence-electron chi connectivity index (χ4n) is 3.22. The lowest BCUT2D eigenvalue weighted by Gasteiger charge is -2.34. The molecule has 0 saturated carbocycles. The molecule has 1 saturated heterocycles. The van der Waals surface area contributed by atoms with E-state index in [9.17, 15) is 0 Å². The Kier molecular flexibility index (Phi) is 4.58. The molecule has 0 amide bonds. The van der Waals surface area contributed by atoms with Gasteiger partial charge in [0.1, 0.15) is 17.9 Å². The maximum atomic E-state index is 5.33. The van der Waals surface area contributed by atoms with Gasteiger partial charge in [-0.25, -0.2) is 9.97 Å². The molecule has 0 spiro atoms.